The van der Waals surface area contributed by atoms with Crippen molar-refractivity contribution in [2.45, 2.75) is 0 Å². The predicted molar refractivity (Wildman–Crippen MR) is 147 cm³/mol. The fraction of sp³-hybridized carbons (Fsp3) is 0. The van der Waals surface area contributed by atoms with Crippen molar-refractivity contribution in [2.24, 2.45) is 0 Å². The number of rotatable bonds is 7. The normalized spacial score (nSPS) is 10.3. The molecule has 0 atom stereocenters. The number of anilines is 3. The summed E-state index contributed by atoms with van der Waals surface area (Å²) >= 11 is 0. The molecule has 0 unspecified atom stereocenters. The maximum absolute atomic E-state index is 12.4. The van der Waals surface area contributed by atoms with Gasteiger partial charge in [-0.05, 0) is 60.7 Å². The molecule has 0 aliphatic rings. The van der Waals surface area contributed by atoms with Gasteiger partial charge < -0.3 is 23.8 Å². The SMILES string of the molecule is O=C(Oc1ccccc1)Oc1cccc(N(c2ccccc2)c2cccc(OC(=O)Oc3ccccc3)c2)c1. The maximum atomic E-state index is 12.4. The molecule has 0 aliphatic carbocycles. The van der Waals surface area contributed by atoms with E-state index < -0.39 is 12.3 Å². The van der Waals surface area contributed by atoms with Crippen molar-refractivity contribution in [2.75, 3.05) is 4.90 Å². The maximum Gasteiger partial charge on any atom is 0.519 e. The number of para-hydroxylation sites is 3. The van der Waals surface area contributed by atoms with Gasteiger partial charge in [0.05, 0.1) is 0 Å². The molecule has 0 amide bonds. The molecule has 0 bridgehead atoms. The summed E-state index contributed by atoms with van der Waals surface area (Å²) in [6, 6.07) is 41.1. The summed E-state index contributed by atoms with van der Waals surface area (Å²) in [6.45, 7) is 0. The molecule has 7 nitrogen and oxygen atoms in total. The van der Waals surface area contributed by atoms with E-state index in [1.807, 2.05) is 59.5 Å². The first-order valence-electron chi connectivity index (χ1n) is 12.1. The minimum Gasteiger partial charge on any atom is -0.395 e. The van der Waals surface area contributed by atoms with Crippen molar-refractivity contribution in [3.63, 3.8) is 0 Å². The van der Waals surface area contributed by atoms with Crippen LogP contribution in [-0.2, 0) is 0 Å². The fourth-order valence-corrected chi connectivity index (χ4v) is 3.80. The van der Waals surface area contributed by atoms with Crippen molar-refractivity contribution in [3.8, 4) is 23.0 Å². The number of hydrogen-bond donors (Lipinski definition) is 0. The largest absolute Gasteiger partial charge is 0.519 e. The summed E-state index contributed by atoms with van der Waals surface area (Å²) in [6.07, 6.45) is -1.70. The summed E-state index contributed by atoms with van der Waals surface area (Å²) in [5, 5.41) is 0. The first-order chi connectivity index (χ1) is 19.1. The van der Waals surface area contributed by atoms with Crippen LogP contribution in [0.5, 0.6) is 23.0 Å². The number of hydrogen-bond acceptors (Lipinski definition) is 7. The Bertz CT molecular complexity index is 1440. The molecule has 0 N–H and O–H groups in total. The molecular formula is C32H23NO6. The standard InChI is InChI=1S/C32H23NO6/c34-31(36-27-16-6-2-7-17-27)38-29-20-10-14-25(22-29)33(24-12-4-1-5-13-24)26-15-11-21-30(23-26)39-32(35)37-28-18-8-3-9-19-28/h1-23H. The molecule has 0 heterocycles. The molecule has 192 valence electrons. The molecule has 7 heteroatoms. The molecular weight excluding hydrogens is 494 g/mol. The van der Waals surface area contributed by atoms with Gasteiger partial charge in [-0.3, -0.25) is 0 Å². The van der Waals surface area contributed by atoms with E-state index in [9.17, 15) is 9.59 Å². The lowest BCUT2D eigenvalue weighted by atomic mass is 10.2. The lowest BCUT2D eigenvalue weighted by molar-refractivity contribution is 0.150. The first kappa shape index (κ1) is 25.1. The minimum absolute atomic E-state index is 0.299. The second kappa shape index (κ2) is 12.1. The minimum atomic E-state index is -0.850. The van der Waals surface area contributed by atoms with Crippen molar-refractivity contribution in [1.29, 1.82) is 0 Å². The Hall–Kier alpha value is -5.56. The fourth-order valence-electron chi connectivity index (χ4n) is 3.80. The topological polar surface area (TPSA) is 74.3 Å². The van der Waals surface area contributed by atoms with E-state index in [0.717, 1.165) is 5.69 Å². The van der Waals surface area contributed by atoms with Crippen LogP contribution in [0.4, 0.5) is 26.7 Å². The average Bonchev–Trinajstić information content (AvgIpc) is 2.95. The second-order valence-corrected chi connectivity index (χ2v) is 8.20. The number of nitrogens with zero attached hydrogens (tertiary/aromatic N) is 1. The van der Waals surface area contributed by atoms with Crippen LogP contribution < -0.4 is 23.8 Å². The van der Waals surface area contributed by atoms with E-state index in [-0.39, 0.29) is 0 Å². The van der Waals surface area contributed by atoms with Gasteiger partial charge in [-0.25, -0.2) is 9.59 Å². The lowest BCUT2D eigenvalue weighted by Crippen LogP contribution is -2.15. The number of carbonyl (C=O) groups excluding carboxylic acids is 2. The van der Waals surface area contributed by atoms with Gasteiger partial charge in [-0.2, -0.15) is 0 Å². The summed E-state index contributed by atoms with van der Waals surface area (Å²) < 4.78 is 21.4. The molecule has 0 spiro atoms. The Balaban J connectivity index is 1.39. The quantitative estimate of drug-likeness (QED) is 0.159. The van der Waals surface area contributed by atoms with Gasteiger partial charge in [0.2, 0.25) is 0 Å². The smallest absolute Gasteiger partial charge is 0.395 e. The Morgan fingerprint density at radius 2 is 0.718 bits per heavy atom. The predicted octanol–water partition coefficient (Wildman–Crippen LogP) is 8.31. The third-order valence-corrected chi connectivity index (χ3v) is 5.46. The Morgan fingerprint density at radius 1 is 0.385 bits per heavy atom. The van der Waals surface area contributed by atoms with Crippen LogP contribution in [0.15, 0.2) is 140 Å². The van der Waals surface area contributed by atoms with E-state index in [4.69, 9.17) is 18.9 Å². The van der Waals surface area contributed by atoms with Crippen LogP contribution in [-0.4, -0.2) is 12.3 Å². The van der Waals surface area contributed by atoms with E-state index in [2.05, 4.69) is 0 Å². The zero-order chi connectivity index (χ0) is 26.9. The van der Waals surface area contributed by atoms with Crippen molar-refractivity contribution in [3.05, 3.63) is 140 Å². The van der Waals surface area contributed by atoms with E-state index in [1.165, 1.54) is 0 Å². The molecule has 5 rings (SSSR count). The molecule has 0 aliphatic heterocycles. The second-order valence-electron chi connectivity index (χ2n) is 8.20. The summed E-state index contributed by atoms with van der Waals surface area (Å²) in [5.74, 6) is 1.36. The first-order valence-corrected chi connectivity index (χ1v) is 12.1. The monoisotopic (exact) mass is 517 g/mol. The number of carbonyl (C=O) groups is 2. The average molecular weight is 518 g/mol. The number of benzene rings is 5. The van der Waals surface area contributed by atoms with Crippen LogP contribution in [0.1, 0.15) is 0 Å². The highest BCUT2D eigenvalue weighted by Crippen LogP contribution is 2.37. The third kappa shape index (κ3) is 6.81. The molecule has 0 radical (unpaired) electrons. The van der Waals surface area contributed by atoms with Gasteiger partial charge in [0.25, 0.3) is 0 Å². The van der Waals surface area contributed by atoms with Crippen LogP contribution in [0.25, 0.3) is 0 Å². The van der Waals surface area contributed by atoms with Crippen LogP contribution in [0.2, 0.25) is 0 Å². The van der Waals surface area contributed by atoms with Crippen LogP contribution in [0, 0.1) is 0 Å². The number of ether oxygens (including phenoxy) is 4. The Morgan fingerprint density at radius 3 is 1.15 bits per heavy atom. The summed E-state index contributed by atoms with van der Waals surface area (Å²) in [5.41, 5.74) is 2.25. The zero-order valence-corrected chi connectivity index (χ0v) is 20.7. The highest BCUT2D eigenvalue weighted by Gasteiger charge is 2.16. The molecule has 5 aromatic carbocycles. The van der Waals surface area contributed by atoms with E-state index in [0.29, 0.717) is 34.4 Å². The Kier molecular flexibility index (Phi) is 7.80. The third-order valence-electron chi connectivity index (χ3n) is 5.46. The Labute approximate surface area is 225 Å². The van der Waals surface area contributed by atoms with Gasteiger partial charge in [-0.15, -0.1) is 0 Å². The van der Waals surface area contributed by atoms with Gasteiger partial charge in [0.1, 0.15) is 23.0 Å². The van der Waals surface area contributed by atoms with Crippen LogP contribution in [0.3, 0.4) is 0 Å². The highest BCUT2D eigenvalue weighted by molar-refractivity contribution is 5.79. The highest BCUT2D eigenvalue weighted by atomic mass is 16.7. The lowest BCUT2D eigenvalue weighted by Gasteiger charge is -2.26. The van der Waals surface area contributed by atoms with E-state index in [1.54, 1.807) is 84.9 Å². The molecule has 0 fully saturated rings. The molecule has 0 aromatic heterocycles. The summed E-state index contributed by atoms with van der Waals surface area (Å²) in [7, 11) is 0. The van der Waals surface area contributed by atoms with Crippen molar-refractivity contribution >= 4 is 29.4 Å². The molecule has 0 saturated carbocycles. The zero-order valence-electron chi connectivity index (χ0n) is 20.7. The van der Waals surface area contributed by atoms with Gasteiger partial charge in [-0.1, -0.05) is 66.7 Å². The van der Waals surface area contributed by atoms with Gasteiger partial charge in [0.15, 0.2) is 0 Å². The van der Waals surface area contributed by atoms with Crippen molar-refractivity contribution in [1.82, 2.24) is 0 Å². The van der Waals surface area contributed by atoms with E-state index >= 15 is 0 Å². The summed E-state index contributed by atoms with van der Waals surface area (Å²) in [4.78, 5) is 26.7. The molecule has 39 heavy (non-hydrogen) atoms. The van der Waals surface area contributed by atoms with Crippen LogP contribution >= 0.6 is 0 Å². The molecule has 0 saturated heterocycles. The van der Waals surface area contributed by atoms with Gasteiger partial charge in [0, 0.05) is 29.2 Å². The van der Waals surface area contributed by atoms with Gasteiger partial charge >= 0.3 is 12.3 Å². The van der Waals surface area contributed by atoms with Crippen molar-refractivity contribution < 1.29 is 28.5 Å². The molecule has 5 aromatic rings.